The van der Waals surface area contributed by atoms with Crippen LogP contribution < -0.4 is 4.90 Å². The van der Waals surface area contributed by atoms with Gasteiger partial charge in [0, 0.05) is 31.5 Å². The maximum absolute atomic E-state index is 12.5. The highest BCUT2D eigenvalue weighted by Crippen LogP contribution is 2.25. The molecule has 1 fully saturated rings. The van der Waals surface area contributed by atoms with Crippen molar-refractivity contribution >= 4 is 21.5 Å². The summed E-state index contributed by atoms with van der Waals surface area (Å²) in [5.74, 6) is 0.749. The van der Waals surface area contributed by atoms with Crippen LogP contribution in [0.25, 0.3) is 0 Å². The molecule has 0 N–H and O–H groups in total. The van der Waals surface area contributed by atoms with E-state index >= 15 is 0 Å². The lowest BCUT2D eigenvalue weighted by Crippen LogP contribution is -2.28. The van der Waals surface area contributed by atoms with E-state index in [2.05, 4.69) is 4.98 Å². The Bertz CT molecular complexity index is 739. The molecule has 1 aromatic heterocycles. The molecule has 23 heavy (non-hydrogen) atoms. The lowest BCUT2D eigenvalue weighted by molar-refractivity contribution is 0.477. The first-order valence-electron chi connectivity index (χ1n) is 7.91. The number of aromatic nitrogens is 1. The molecule has 3 rings (SSSR count). The van der Waals surface area contributed by atoms with Crippen molar-refractivity contribution < 1.29 is 8.42 Å². The van der Waals surface area contributed by atoms with Gasteiger partial charge in [-0.1, -0.05) is 18.2 Å². The molecule has 2 aromatic rings. The van der Waals surface area contributed by atoms with Crippen molar-refractivity contribution in [2.24, 2.45) is 0 Å². The second-order valence-corrected chi connectivity index (χ2v) is 7.48. The highest BCUT2D eigenvalue weighted by Gasteiger charge is 2.27. The minimum Gasteiger partial charge on any atom is -0.327 e. The predicted molar refractivity (Wildman–Crippen MR) is 91.4 cm³/mol. The van der Waals surface area contributed by atoms with Crippen LogP contribution in [0.3, 0.4) is 0 Å². The Morgan fingerprint density at radius 3 is 2.35 bits per heavy atom. The molecule has 122 valence electrons. The summed E-state index contributed by atoms with van der Waals surface area (Å²) >= 11 is 0. The van der Waals surface area contributed by atoms with Gasteiger partial charge in [-0.15, -0.1) is 0 Å². The Hall–Kier alpha value is -1.92. The Balaban J connectivity index is 1.87. The van der Waals surface area contributed by atoms with Crippen molar-refractivity contribution in [1.29, 1.82) is 0 Å². The molecule has 5 nitrogen and oxygen atoms in total. The first kappa shape index (κ1) is 16.0. The van der Waals surface area contributed by atoms with Crippen LogP contribution in [0.4, 0.5) is 11.5 Å². The van der Waals surface area contributed by atoms with Gasteiger partial charge in [0.1, 0.15) is 10.7 Å². The Kier molecular flexibility index (Phi) is 4.63. The van der Waals surface area contributed by atoms with E-state index < -0.39 is 10.0 Å². The fourth-order valence-corrected chi connectivity index (χ4v) is 4.31. The normalized spacial score (nSPS) is 15.7. The maximum atomic E-state index is 12.5. The van der Waals surface area contributed by atoms with Crippen LogP contribution in [0.5, 0.6) is 0 Å². The van der Waals surface area contributed by atoms with E-state index in [0.29, 0.717) is 13.1 Å². The molecule has 0 amide bonds. The van der Waals surface area contributed by atoms with Gasteiger partial charge in [-0.05, 0) is 44.0 Å². The maximum Gasteiger partial charge on any atom is 0.244 e. The lowest BCUT2D eigenvalue weighted by atomic mass is 10.3. The van der Waals surface area contributed by atoms with Crippen LogP contribution >= 0.6 is 0 Å². The Morgan fingerprint density at radius 1 is 1.09 bits per heavy atom. The first-order chi connectivity index (χ1) is 11.1. The summed E-state index contributed by atoms with van der Waals surface area (Å²) in [7, 11) is -3.40. The van der Waals surface area contributed by atoms with Gasteiger partial charge in [0.05, 0.1) is 0 Å². The third kappa shape index (κ3) is 3.23. The van der Waals surface area contributed by atoms with Crippen LogP contribution in [0.2, 0.25) is 0 Å². The average Bonchev–Trinajstić information content (AvgIpc) is 3.12. The van der Waals surface area contributed by atoms with Gasteiger partial charge in [0.25, 0.3) is 0 Å². The number of pyridine rings is 1. The van der Waals surface area contributed by atoms with Crippen molar-refractivity contribution in [3.63, 3.8) is 0 Å². The predicted octanol–water partition coefficient (Wildman–Crippen LogP) is 3.02. The molecular weight excluding hydrogens is 310 g/mol. The topological polar surface area (TPSA) is 53.5 Å². The summed E-state index contributed by atoms with van der Waals surface area (Å²) in [4.78, 5) is 6.70. The molecule has 6 heteroatoms. The van der Waals surface area contributed by atoms with E-state index in [1.165, 1.54) is 6.20 Å². The molecule has 0 bridgehead atoms. The van der Waals surface area contributed by atoms with E-state index in [0.717, 1.165) is 30.9 Å². The first-order valence-corrected chi connectivity index (χ1v) is 9.35. The van der Waals surface area contributed by atoms with Gasteiger partial charge in [-0.25, -0.2) is 13.4 Å². The van der Waals surface area contributed by atoms with Crippen LogP contribution in [0.1, 0.15) is 19.8 Å². The summed E-state index contributed by atoms with van der Waals surface area (Å²) in [6.45, 7) is 4.02. The molecule has 0 saturated carbocycles. The number of rotatable bonds is 5. The zero-order chi connectivity index (χ0) is 16.3. The molecule has 2 heterocycles. The number of sulfonamides is 1. The van der Waals surface area contributed by atoms with Gasteiger partial charge >= 0.3 is 0 Å². The summed E-state index contributed by atoms with van der Waals surface area (Å²) in [5.41, 5.74) is 1.04. The third-order valence-corrected chi connectivity index (χ3v) is 5.97. The third-order valence-electron chi connectivity index (χ3n) is 4.08. The molecule has 1 saturated heterocycles. The van der Waals surface area contributed by atoms with Crippen LogP contribution in [-0.4, -0.2) is 37.3 Å². The molecule has 1 aliphatic rings. The van der Waals surface area contributed by atoms with E-state index in [-0.39, 0.29) is 4.90 Å². The van der Waals surface area contributed by atoms with Crippen molar-refractivity contribution in [3.05, 3.63) is 48.7 Å². The molecule has 0 spiro atoms. The SMILES string of the molecule is CCN(c1ccccc1)c1ccc(S(=O)(=O)N2CCCC2)cn1. The molecule has 0 atom stereocenters. The van der Waals surface area contributed by atoms with E-state index in [9.17, 15) is 8.42 Å². The van der Waals surface area contributed by atoms with Gasteiger partial charge in [-0.2, -0.15) is 4.31 Å². The molecule has 0 radical (unpaired) electrons. The number of para-hydroxylation sites is 1. The summed E-state index contributed by atoms with van der Waals surface area (Å²) in [5, 5.41) is 0. The van der Waals surface area contributed by atoms with E-state index in [1.54, 1.807) is 16.4 Å². The Morgan fingerprint density at radius 2 is 1.78 bits per heavy atom. The fourth-order valence-electron chi connectivity index (χ4n) is 2.85. The summed E-state index contributed by atoms with van der Waals surface area (Å²) < 4.78 is 26.6. The highest BCUT2D eigenvalue weighted by atomic mass is 32.2. The van der Waals surface area contributed by atoms with Crippen molar-refractivity contribution in [1.82, 2.24) is 9.29 Å². The molecule has 0 aliphatic carbocycles. The number of hydrogen-bond acceptors (Lipinski definition) is 4. The van der Waals surface area contributed by atoms with Crippen molar-refractivity contribution in [3.8, 4) is 0 Å². The largest absolute Gasteiger partial charge is 0.327 e. The number of hydrogen-bond donors (Lipinski definition) is 0. The van der Waals surface area contributed by atoms with Crippen molar-refractivity contribution in [2.75, 3.05) is 24.5 Å². The minimum absolute atomic E-state index is 0.271. The fraction of sp³-hybridized carbons (Fsp3) is 0.353. The molecule has 1 aliphatic heterocycles. The molecular formula is C17H21N3O2S. The highest BCUT2D eigenvalue weighted by molar-refractivity contribution is 7.89. The summed E-state index contributed by atoms with van der Waals surface area (Å²) in [6.07, 6.45) is 3.33. The quantitative estimate of drug-likeness (QED) is 0.845. The lowest BCUT2D eigenvalue weighted by Gasteiger charge is -2.22. The monoisotopic (exact) mass is 331 g/mol. The van der Waals surface area contributed by atoms with Gasteiger partial charge in [0.15, 0.2) is 0 Å². The van der Waals surface area contributed by atoms with Gasteiger partial charge in [-0.3, -0.25) is 0 Å². The molecule has 0 unspecified atom stereocenters. The standard InChI is InChI=1S/C17H21N3O2S/c1-2-20(15-8-4-3-5-9-15)17-11-10-16(14-18-17)23(21,22)19-12-6-7-13-19/h3-5,8-11,14H,2,6-7,12-13H2,1H3. The number of benzene rings is 1. The summed E-state index contributed by atoms with van der Waals surface area (Å²) in [6, 6.07) is 13.4. The van der Waals surface area contributed by atoms with Crippen LogP contribution in [0, 0.1) is 0 Å². The Labute approximate surface area is 137 Å². The van der Waals surface area contributed by atoms with Crippen LogP contribution in [0.15, 0.2) is 53.6 Å². The van der Waals surface area contributed by atoms with Gasteiger partial charge < -0.3 is 4.90 Å². The smallest absolute Gasteiger partial charge is 0.244 e. The van der Waals surface area contributed by atoms with Crippen molar-refractivity contribution in [2.45, 2.75) is 24.7 Å². The van der Waals surface area contributed by atoms with Gasteiger partial charge in [0.2, 0.25) is 10.0 Å². The van der Waals surface area contributed by atoms with Crippen LogP contribution in [-0.2, 0) is 10.0 Å². The molecule has 1 aromatic carbocycles. The van der Waals surface area contributed by atoms with E-state index in [1.807, 2.05) is 42.2 Å². The number of anilines is 2. The average molecular weight is 331 g/mol. The zero-order valence-electron chi connectivity index (χ0n) is 13.2. The second kappa shape index (κ2) is 6.68. The zero-order valence-corrected chi connectivity index (χ0v) is 14.0. The minimum atomic E-state index is -3.40. The van der Waals surface area contributed by atoms with E-state index in [4.69, 9.17) is 0 Å². The second-order valence-electron chi connectivity index (χ2n) is 5.54. The number of nitrogens with zero attached hydrogens (tertiary/aromatic N) is 3.